The van der Waals surface area contributed by atoms with Crippen LogP contribution in [-0.4, -0.2) is 46.1 Å². The molecule has 0 heterocycles. The van der Waals surface area contributed by atoms with Crippen molar-refractivity contribution in [1.29, 1.82) is 0 Å². The molecular weight excluding hydrogens is 655 g/mol. The lowest BCUT2D eigenvalue weighted by molar-refractivity contribution is -0.124. The Hall–Kier alpha value is -1.95. The van der Waals surface area contributed by atoms with Gasteiger partial charge in [-0.1, -0.05) is 197 Å². The fourth-order valence-electron chi connectivity index (χ4n) is 6.54. The van der Waals surface area contributed by atoms with Crippen LogP contribution in [0.1, 0.15) is 213 Å². The third-order valence-corrected chi connectivity index (χ3v) is 10.0. The van der Waals surface area contributed by atoms with Gasteiger partial charge in [0.05, 0.1) is 31.3 Å². The fourth-order valence-corrected chi connectivity index (χ4v) is 6.54. The number of carbonyl (C=O) groups is 1. The van der Waals surface area contributed by atoms with E-state index in [-0.39, 0.29) is 18.9 Å². The van der Waals surface area contributed by atoms with Crippen LogP contribution in [0.15, 0.2) is 60.8 Å². The first kappa shape index (κ1) is 51.0. The molecule has 308 valence electrons. The average Bonchev–Trinajstić information content (AvgIpc) is 3.15. The summed E-state index contributed by atoms with van der Waals surface area (Å²) in [5, 5.41) is 33.1. The van der Waals surface area contributed by atoms with E-state index < -0.39 is 18.2 Å². The molecule has 0 aliphatic heterocycles. The van der Waals surface area contributed by atoms with Gasteiger partial charge in [-0.25, -0.2) is 0 Å². The normalized spacial score (nSPS) is 14.1. The van der Waals surface area contributed by atoms with E-state index in [2.05, 4.69) is 67.8 Å². The van der Waals surface area contributed by atoms with Gasteiger partial charge in [0.1, 0.15) is 0 Å². The summed E-state index contributed by atoms with van der Waals surface area (Å²) in [5.74, 6) is -0.344. The van der Waals surface area contributed by atoms with Gasteiger partial charge in [-0.3, -0.25) is 4.79 Å². The van der Waals surface area contributed by atoms with Gasteiger partial charge in [0.2, 0.25) is 5.91 Å². The Morgan fingerprint density at radius 2 is 0.868 bits per heavy atom. The van der Waals surface area contributed by atoms with E-state index in [1.54, 1.807) is 6.08 Å². The molecule has 0 aromatic heterocycles. The highest BCUT2D eigenvalue weighted by molar-refractivity contribution is 5.76. The Kier molecular flexibility index (Phi) is 41.2. The number of nitrogens with one attached hydrogen (secondary N) is 1. The van der Waals surface area contributed by atoms with E-state index in [0.29, 0.717) is 6.42 Å². The van der Waals surface area contributed by atoms with Gasteiger partial charge >= 0.3 is 0 Å². The zero-order valence-electron chi connectivity index (χ0n) is 34.9. The molecule has 3 atom stereocenters. The zero-order chi connectivity index (χ0) is 38.7. The summed E-state index contributed by atoms with van der Waals surface area (Å²) in [7, 11) is 0. The van der Waals surface area contributed by atoms with Gasteiger partial charge in [-0.2, -0.15) is 0 Å². The maximum Gasteiger partial charge on any atom is 0.222 e. The largest absolute Gasteiger partial charge is 0.394 e. The predicted molar refractivity (Wildman–Crippen MR) is 231 cm³/mol. The fraction of sp³-hybridized carbons (Fsp3) is 0.771. The van der Waals surface area contributed by atoms with Crippen molar-refractivity contribution < 1.29 is 20.1 Å². The van der Waals surface area contributed by atoms with Crippen molar-refractivity contribution in [3.63, 3.8) is 0 Å². The number of amides is 1. The van der Waals surface area contributed by atoms with Crippen LogP contribution in [0.5, 0.6) is 0 Å². The Bertz CT molecular complexity index is 907. The smallest absolute Gasteiger partial charge is 0.222 e. The van der Waals surface area contributed by atoms with Crippen molar-refractivity contribution in [1.82, 2.24) is 5.32 Å². The van der Waals surface area contributed by atoms with Gasteiger partial charge in [0.25, 0.3) is 0 Å². The number of unbranched alkanes of at least 4 members (excludes halogenated alkanes) is 24. The number of allylic oxidation sites excluding steroid dienone is 9. The molecule has 0 radical (unpaired) electrons. The summed E-state index contributed by atoms with van der Waals surface area (Å²) < 4.78 is 0. The summed E-state index contributed by atoms with van der Waals surface area (Å²) >= 11 is 0. The highest BCUT2D eigenvalue weighted by Gasteiger charge is 2.20. The first-order valence-electron chi connectivity index (χ1n) is 22.6. The first-order valence-corrected chi connectivity index (χ1v) is 22.6. The molecule has 5 heteroatoms. The topological polar surface area (TPSA) is 89.8 Å². The van der Waals surface area contributed by atoms with E-state index in [1.165, 1.54) is 122 Å². The summed E-state index contributed by atoms with van der Waals surface area (Å²) in [5.41, 5.74) is 0. The van der Waals surface area contributed by atoms with Gasteiger partial charge in [0, 0.05) is 0 Å². The van der Waals surface area contributed by atoms with Gasteiger partial charge in [0.15, 0.2) is 0 Å². The van der Waals surface area contributed by atoms with Gasteiger partial charge in [-0.15, -0.1) is 0 Å². The lowest BCUT2D eigenvalue weighted by Gasteiger charge is -2.20. The maximum absolute atomic E-state index is 12.4. The highest BCUT2D eigenvalue weighted by atomic mass is 16.3. The lowest BCUT2D eigenvalue weighted by atomic mass is 10.0. The van der Waals surface area contributed by atoms with E-state index in [9.17, 15) is 20.1 Å². The number of carbonyl (C=O) groups excluding carboxylic acids is 1. The number of aliphatic hydroxyl groups is 3. The van der Waals surface area contributed by atoms with E-state index >= 15 is 0 Å². The Labute approximate surface area is 329 Å². The standard InChI is InChI=1S/C48H87NO4/c1-3-5-7-9-11-13-15-17-18-19-20-21-22-23-24-25-26-27-28-30-32-34-36-38-40-42-47(52)46(44-50)49-48(53)43-45(51)41-39-37-35-33-31-29-16-14-12-10-8-6-4-2/h12,14,16,26-27,29,32,34,40,42,45-47,50-52H,3-11,13,15,17-25,28,30-31,33,35-39,41,43-44H2,1-2H3,(H,49,53)/b14-12-,27-26+,29-16-,34-32+,42-40+. The lowest BCUT2D eigenvalue weighted by Crippen LogP contribution is -2.45. The van der Waals surface area contributed by atoms with E-state index in [4.69, 9.17) is 0 Å². The molecule has 5 nitrogen and oxygen atoms in total. The third kappa shape index (κ3) is 39.6. The second-order valence-electron chi connectivity index (χ2n) is 15.3. The Balaban J connectivity index is 3.74. The molecule has 0 saturated carbocycles. The molecule has 0 bridgehead atoms. The average molecular weight is 742 g/mol. The van der Waals surface area contributed by atoms with Crippen LogP contribution in [-0.2, 0) is 4.79 Å². The Morgan fingerprint density at radius 3 is 1.36 bits per heavy atom. The second-order valence-corrected chi connectivity index (χ2v) is 15.3. The summed E-state index contributed by atoms with van der Waals surface area (Å²) in [6.45, 7) is 4.15. The van der Waals surface area contributed by atoms with Crippen LogP contribution < -0.4 is 5.32 Å². The summed E-state index contributed by atoms with van der Waals surface area (Å²) in [6.07, 6.45) is 56.6. The minimum Gasteiger partial charge on any atom is -0.394 e. The molecule has 0 spiro atoms. The molecule has 0 aliphatic carbocycles. The number of hydrogen-bond acceptors (Lipinski definition) is 4. The van der Waals surface area contributed by atoms with Crippen molar-refractivity contribution >= 4 is 5.91 Å². The van der Waals surface area contributed by atoms with Crippen LogP contribution in [0.2, 0.25) is 0 Å². The van der Waals surface area contributed by atoms with Crippen LogP contribution in [0, 0.1) is 0 Å². The number of aliphatic hydroxyl groups excluding tert-OH is 3. The van der Waals surface area contributed by atoms with Crippen molar-refractivity contribution in [2.75, 3.05) is 6.61 Å². The van der Waals surface area contributed by atoms with Crippen molar-refractivity contribution in [3.8, 4) is 0 Å². The van der Waals surface area contributed by atoms with Crippen LogP contribution in [0.25, 0.3) is 0 Å². The predicted octanol–water partition coefficient (Wildman–Crippen LogP) is 13.1. The molecular formula is C48H87NO4. The van der Waals surface area contributed by atoms with E-state index in [0.717, 1.165) is 64.2 Å². The molecule has 0 rings (SSSR count). The van der Waals surface area contributed by atoms with Crippen LogP contribution in [0.4, 0.5) is 0 Å². The summed E-state index contributed by atoms with van der Waals surface area (Å²) in [6, 6.07) is -0.776. The molecule has 0 aromatic carbocycles. The maximum atomic E-state index is 12.4. The van der Waals surface area contributed by atoms with Crippen molar-refractivity contribution in [2.45, 2.75) is 231 Å². The molecule has 1 amide bonds. The highest BCUT2D eigenvalue weighted by Crippen LogP contribution is 2.14. The summed E-state index contributed by atoms with van der Waals surface area (Å²) in [4.78, 5) is 12.4. The zero-order valence-corrected chi connectivity index (χ0v) is 34.9. The second kappa shape index (κ2) is 42.8. The van der Waals surface area contributed by atoms with Gasteiger partial charge in [-0.05, 0) is 70.6 Å². The van der Waals surface area contributed by atoms with E-state index in [1.807, 2.05) is 6.08 Å². The molecule has 3 unspecified atom stereocenters. The molecule has 4 N–H and O–H groups in total. The van der Waals surface area contributed by atoms with Crippen LogP contribution in [0.3, 0.4) is 0 Å². The molecule has 53 heavy (non-hydrogen) atoms. The first-order chi connectivity index (χ1) is 26.0. The SMILES string of the molecule is CCCCC/C=C\C=C/CCCCCCC(O)CC(=O)NC(CO)C(O)/C=C/CC/C=C/CC/C=C/CCCCCCCCCCCCCCCCC. The number of hydrogen-bond donors (Lipinski definition) is 4. The van der Waals surface area contributed by atoms with Crippen molar-refractivity contribution in [2.24, 2.45) is 0 Å². The monoisotopic (exact) mass is 742 g/mol. The van der Waals surface area contributed by atoms with Crippen LogP contribution >= 0.6 is 0 Å². The molecule has 0 aliphatic rings. The molecule has 0 fully saturated rings. The van der Waals surface area contributed by atoms with Gasteiger partial charge < -0.3 is 20.6 Å². The Morgan fingerprint density at radius 1 is 0.491 bits per heavy atom. The minimum atomic E-state index is -0.967. The molecule has 0 saturated heterocycles. The van der Waals surface area contributed by atoms with Crippen molar-refractivity contribution in [3.05, 3.63) is 60.8 Å². The quantitative estimate of drug-likeness (QED) is 0.0286. The number of rotatable bonds is 40. The third-order valence-electron chi connectivity index (χ3n) is 10.0. The minimum absolute atomic E-state index is 0.0141. The molecule has 0 aromatic rings.